The van der Waals surface area contributed by atoms with Gasteiger partial charge in [-0.1, -0.05) is 29.8 Å². The van der Waals surface area contributed by atoms with Gasteiger partial charge < -0.3 is 10.8 Å². The van der Waals surface area contributed by atoms with Crippen LogP contribution in [0.4, 0.5) is 0 Å². The molecule has 1 aromatic carbocycles. The van der Waals surface area contributed by atoms with E-state index < -0.39 is 0 Å². The molecule has 0 bridgehead atoms. The second-order valence-electron chi connectivity index (χ2n) is 4.93. The molecule has 1 aliphatic heterocycles. The zero-order valence-electron chi connectivity index (χ0n) is 10.6. The van der Waals surface area contributed by atoms with Crippen LogP contribution in [0, 0.1) is 5.92 Å². The van der Waals surface area contributed by atoms with E-state index in [1.54, 1.807) is 0 Å². The Balaban J connectivity index is 2.08. The lowest BCUT2D eigenvalue weighted by Gasteiger charge is -2.37. The SMILES string of the molecule is NCC(c1ccccc1Cl)N1CCC(CO)CC1. The Labute approximate surface area is 114 Å². The van der Waals surface area contributed by atoms with Gasteiger partial charge in [-0.2, -0.15) is 0 Å². The Hall–Kier alpha value is -0.610. The first kappa shape index (κ1) is 13.8. The Morgan fingerprint density at radius 3 is 2.56 bits per heavy atom. The molecular formula is C14H21ClN2O. The van der Waals surface area contributed by atoms with Crippen LogP contribution >= 0.6 is 11.6 Å². The fraction of sp³-hybridized carbons (Fsp3) is 0.571. The molecule has 18 heavy (non-hydrogen) atoms. The smallest absolute Gasteiger partial charge is 0.0485 e. The Bertz CT molecular complexity index is 378. The van der Waals surface area contributed by atoms with Crippen molar-refractivity contribution in [3.05, 3.63) is 34.9 Å². The van der Waals surface area contributed by atoms with Crippen LogP contribution in [0.2, 0.25) is 5.02 Å². The van der Waals surface area contributed by atoms with Crippen LogP contribution in [0.15, 0.2) is 24.3 Å². The fourth-order valence-electron chi connectivity index (χ4n) is 2.67. The van der Waals surface area contributed by atoms with Crippen LogP contribution in [0.5, 0.6) is 0 Å². The average Bonchev–Trinajstić information content (AvgIpc) is 2.42. The van der Waals surface area contributed by atoms with Crippen molar-refractivity contribution in [2.45, 2.75) is 18.9 Å². The van der Waals surface area contributed by atoms with Crippen LogP contribution in [-0.2, 0) is 0 Å². The standard InChI is InChI=1S/C14H21ClN2O/c15-13-4-2-1-3-12(13)14(9-16)17-7-5-11(10-18)6-8-17/h1-4,11,14,18H,5-10,16H2. The Morgan fingerprint density at radius 1 is 1.33 bits per heavy atom. The minimum atomic E-state index is 0.193. The summed E-state index contributed by atoms with van der Waals surface area (Å²) in [6.45, 7) is 2.84. The van der Waals surface area contributed by atoms with Crippen molar-refractivity contribution in [1.82, 2.24) is 4.90 Å². The number of nitrogens with zero attached hydrogens (tertiary/aromatic N) is 1. The van der Waals surface area contributed by atoms with E-state index >= 15 is 0 Å². The molecule has 0 saturated carbocycles. The van der Waals surface area contributed by atoms with Crippen molar-refractivity contribution < 1.29 is 5.11 Å². The summed E-state index contributed by atoms with van der Waals surface area (Å²) >= 11 is 6.25. The Kier molecular flexibility index (Phi) is 5.01. The van der Waals surface area contributed by atoms with E-state index in [0.29, 0.717) is 19.1 Å². The number of aliphatic hydroxyl groups is 1. The first-order valence-electron chi connectivity index (χ1n) is 6.55. The van der Waals surface area contributed by atoms with Crippen molar-refractivity contribution in [2.75, 3.05) is 26.2 Å². The number of rotatable bonds is 4. The highest BCUT2D eigenvalue weighted by Gasteiger charge is 2.25. The zero-order chi connectivity index (χ0) is 13.0. The predicted molar refractivity (Wildman–Crippen MR) is 74.6 cm³/mol. The van der Waals surface area contributed by atoms with Gasteiger partial charge in [-0.15, -0.1) is 0 Å². The number of hydrogen-bond acceptors (Lipinski definition) is 3. The molecule has 0 spiro atoms. The second kappa shape index (κ2) is 6.53. The fourth-order valence-corrected chi connectivity index (χ4v) is 2.93. The van der Waals surface area contributed by atoms with Gasteiger partial charge in [-0.25, -0.2) is 0 Å². The predicted octanol–water partition coefficient (Wildman–Crippen LogP) is 2.04. The highest BCUT2D eigenvalue weighted by molar-refractivity contribution is 6.31. The Morgan fingerprint density at radius 2 is 2.00 bits per heavy atom. The third-order valence-electron chi connectivity index (χ3n) is 3.84. The molecule has 0 aromatic heterocycles. The van der Waals surface area contributed by atoms with Gasteiger partial charge in [-0.05, 0) is 43.5 Å². The van der Waals surface area contributed by atoms with Gasteiger partial charge in [0.1, 0.15) is 0 Å². The molecule has 1 saturated heterocycles. The van der Waals surface area contributed by atoms with E-state index in [4.69, 9.17) is 22.4 Å². The molecule has 2 rings (SSSR count). The summed E-state index contributed by atoms with van der Waals surface area (Å²) in [5.74, 6) is 0.450. The van der Waals surface area contributed by atoms with Crippen molar-refractivity contribution in [2.24, 2.45) is 11.7 Å². The van der Waals surface area contributed by atoms with E-state index in [0.717, 1.165) is 36.5 Å². The van der Waals surface area contributed by atoms with Crippen molar-refractivity contribution in [3.63, 3.8) is 0 Å². The third-order valence-corrected chi connectivity index (χ3v) is 4.18. The quantitative estimate of drug-likeness (QED) is 0.879. The van der Waals surface area contributed by atoms with Crippen LogP contribution in [0.3, 0.4) is 0 Å². The van der Waals surface area contributed by atoms with E-state index in [-0.39, 0.29) is 6.04 Å². The lowest BCUT2D eigenvalue weighted by atomic mass is 9.95. The highest BCUT2D eigenvalue weighted by Crippen LogP contribution is 2.30. The van der Waals surface area contributed by atoms with Gasteiger partial charge in [0.25, 0.3) is 0 Å². The molecule has 4 heteroatoms. The maximum Gasteiger partial charge on any atom is 0.0485 e. The van der Waals surface area contributed by atoms with Gasteiger partial charge in [0.15, 0.2) is 0 Å². The van der Waals surface area contributed by atoms with Gasteiger partial charge in [0.05, 0.1) is 0 Å². The third kappa shape index (κ3) is 3.04. The molecule has 1 unspecified atom stereocenters. The summed E-state index contributed by atoms with van der Waals surface area (Å²) in [6.07, 6.45) is 2.08. The number of piperidine rings is 1. The molecule has 1 heterocycles. The van der Waals surface area contributed by atoms with Crippen LogP contribution < -0.4 is 5.73 Å². The topological polar surface area (TPSA) is 49.5 Å². The van der Waals surface area contributed by atoms with E-state index in [2.05, 4.69) is 11.0 Å². The number of hydrogen-bond donors (Lipinski definition) is 2. The second-order valence-corrected chi connectivity index (χ2v) is 5.34. The van der Waals surface area contributed by atoms with Crippen molar-refractivity contribution >= 4 is 11.6 Å². The van der Waals surface area contributed by atoms with Gasteiger partial charge in [0, 0.05) is 24.2 Å². The minimum absolute atomic E-state index is 0.193. The summed E-state index contributed by atoms with van der Waals surface area (Å²) < 4.78 is 0. The van der Waals surface area contributed by atoms with Crippen LogP contribution in [0.1, 0.15) is 24.4 Å². The first-order chi connectivity index (χ1) is 8.76. The molecule has 3 nitrogen and oxygen atoms in total. The number of halogens is 1. The lowest BCUT2D eigenvalue weighted by molar-refractivity contribution is 0.102. The maximum absolute atomic E-state index is 9.17. The molecule has 0 radical (unpaired) electrons. The number of likely N-dealkylation sites (tertiary alicyclic amines) is 1. The lowest BCUT2D eigenvalue weighted by Crippen LogP contribution is -2.40. The van der Waals surface area contributed by atoms with Gasteiger partial charge in [0.2, 0.25) is 0 Å². The molecule has 1 fully saturated rings. The monoisotopic (exact) mass is 268 g/mol. The van der Waals surface area contributed by atoms with Gasteiger partial charge in [-0.3, -0.25) is 4.90 Å². The van der Waals surface area contributed by atoms with E-state index in [9.17, 15) is 0 Å². The normalized spacial score (nSPS) is 19.9. The maximum atomic E-state index is 9.17. The zero-order valence-corrected chi connectivity index (χ0v) is 11.3. The molecule has 0 aliphatic carbocycles. The van der Waals surface area contributed by atoms with Crippen molar-refractivity contribution in [1.29, 1.82) is 0 Å². The minimum Gasteiger partial charge on any atom is -0.396 e. The summed E-state index contributed by atoms with van der Waals surface area (Å²) in [4.78, 5) is 2.38. The summed E-state index contributed by atoms with van der Waals surface area (Å²) in [7, 11) is 0. The van der Waals surface area contributed by atoms with E-state index in [1.165, 1.54) is 0 Å². The van der Waals surface area contributed by atoms with Gasteiger partial charge >= 0.3 is 0 Å². The largest absolute Gasteiger partial charge is 0.396 e. The average molecular weight is 269 g/mol. The number of nitrogens with two attached hydrogens (primary N) is 1. The highest BCUT2D eigenvalue weighted by atomic mass is 35.5. The molecule has 0 amide bonds. The molecule has 1 aliphatic rings. The molecule has 1 aromatic rings. The summed E-state index contributed by atoms with van der Waals surface area (Å²) in [5.41, 5.74) is 7.04. The molecule has 3 N–H and O–H groups in total. The number of benzene rings is 1. The summed E-state index contributed by atoms with van der Waals surface area (Å²) in [6, 6.07) is 8.11. The first-order valence-corrected chi connectivity index (χ1v) is 6.93. The molecule has 1 atom stereocenters. The summed E-state index contributed by atoms with van der Waals surface area (Å²) in [5, 5.41) is 9.96. The molecular weight excluding hydrogens is 248 g/mol. The molecule has 100 valence electrons. The van der Waals surface area contributed by atoms with Crippen LogP contribution in [0.25, 0.3) is 0 Å². The van der Waals surface area contributed by atoms with Crippen LogP contribution in [-0.4, -0.2) is 36.2 Å². The van der Waals surface area contributed by atoms with E-state index in [1.807, 2.05) is 18.2 Å². The number of aliphatic hydroxyl groups excluding tert-OH is 1. The van der Waals surface area contributed by atoms with Crippen molar-refractivity contribution in [3.8, 4) is 0 Å².